The smallest absolute Gasteiger partial charge is 0.283 e. The molecule has 3 aromatic rings. The van der Waals surface area contributed by atoms with Crippen LogP contribution in [0.2, 0.25) is 5.02 Å². The number of amides is 1. The monoisotopic (exact) mass is 560 g/mol. The Hall–Kier alpha value is -4.08. The molecule has 3 aromatic carbocycles. The molecule has 5 rings (SSSR count). The summed E-state index contributed by atoms with van der Waals surface area (Å²) in [6.07, 6.45) is 1.60. The van der Waals surface area contributed by atoms with Crippen LogP contribution in [0.1, 0.15) is 23.6 Å². The van der Waals surface area contributed by atoms with E-state index in [0.29, 0.717) is 57.7 Å². The van der Waals surface area contributed by atoms with Crippen LogP contribution < -0.4 is 14.2 Å². The Balaban J connectivity index is 1.32. The molecule has 0 saturated heterocycles. The van der Waals surface area contributed by atoms with Crippen molar-refractivity contribution in [1.29, 1.82) is 5.41 Å². The highest BCUT2D eigenvalue weighted by molar-refractivity contribution is 8.27. The molecule has 10 heteroatoms. The topological polar surface area (TPSA) is 96.6 Å². The fraction of sp³-hybridized carbons (Fsp3) is 0.172. The Bertz CT molecular complexity index is 1540. The van der Waals surface area contributed by atoms with Gasteiger partial charge in [-0.05, 0) is 67.1 Å². The van der Waals surface area contributed by atoms with Crippen LogP contribution in [-0.4, -0.2) is 46.8 Å². The van der Waals surface area contributed by atoms with E-state index in [1.165, 1.54) is 16.8 Å². The predicted molar refractivity (Wildman–Crippen MR) is 155 cm³/mol. The van der Waals surface area contributed by atoms with Crippen molar-refractivity contribution < 1.29 is 19.0 Å². The van der Waals surface area contributed by atoms with Gasteiger partial charge in [0.05, 0.1) is 17.2 Å². The Kier molecular flexibility index (Phi) is 7.99. The lowest BCUT2D eigenvalue weighted by molar-refractivity contribution is -0.114. The van der Waals surface area contributed by atoms with Gasteiger partial charge in [0.15, 0.2) is 17.3 Å². The highest BCUT2D eigenvalue weighted by Gasteiger charge is 2.36. The summed E-state index contributed by atoms with van der Waals surface area (Å²) in [6, 6.07) is 20.4. The number of aliphatic imine (C=N–C) groups is 1. The number of rotatable bonds is 9. The first-order chi connectivity index (χ1) is 18.9. The zero-order valence-electron chi connectivity index (χ0n) is 21.3. The van der Waals surface area contributed by atoms with Crippen molar-refractivity contribution in [3.05, 3.63) is 94.0 Å². The molecule has 0 bridgehead atoms. The third-order valence-corrected chi connectivity index (χ3v) is 7.10. The van der Waals surface area contributed by atoms with E-state index in [-0.39, 0.29) is 11.4 Å². The van der Waals surface area contributed by atoms with Crippen LogP contribution in [-0.2, 0) is 4.79 Å². The van der Waals surface area contributed by atoms with E-state index in [9.17, 15) is 4.79 Å². The SMILES string of the molecule is CCOc1cc(/C=C2\C(=N)N3N=C(c4ccccc4Cl)SC3=NC2=O)ccc1OCCOc1ccccc1C. The van der Waals surface area contributed by atoms with Gasteiger partial charge in [-0.1, -0.05) is 54.1 Å². The van der Waals surface area contributed by atoms with Crippen molar-refractivity contribution in [2.24, 2.45) is 10.1 Å². The van der Waals surface area contributed by atoms with Crippen molar-refractivity contribution in [2.45, 2.75) is 13.8 Å². The van der Waals surface area contributed by atoms with Gasteiger partial charge in [0.2, 0.25) is 5.17 Å². The molecule has 0 fully saturated rings. The largest absolute Gasteiger partial charge is 0.490 e. The Morgan fingerprint density at radius 3 is 2.49 bits per heavy atom. The molecular weight excluding hydrogens is 536 g/mol. The van der Waals surface area contributed by atoms with Crippen LogP contribution in [0.4, 0.5) is 0 Å². The summed E-state index contributed by atoms with van der Waals surface area (Å²) in [6.45, 7) is 5.01. The van der Waals surface area contributed by atoms with E-state index in [0.717, 1.165) is 11.3 Å². The number of hydrazone groups is 1. The number of nitrogens with one attached hydrogen (secondary N) is 1. The Labute approximate surface area is 235 Å². The molecule has 0 unspecified atom stereocenters. The summed E-state index contributed by atoms with van der Waals surface area (Å²) < 4.78 is 17.5. The molecular formula is C29H25ClN4O4S. The summed E-state index contributed by atoms with van der Waals surface area (Å²) in [5, 5.41) is 16.0. The van der Waals surface area contributed by atoms with Gasteiger partial charge in [0, 0.05) is 5.56 Å². The maximum atomic E-state index is 12.9. The van der Waals surface area contributed by atoms with Gasteiger partial charge in [0.25, 0.3) is 5.91 Å². The second kappa shape index (κ2) is 11.8. The van der Waals surface area contributed by atoms with Crippen molar-refractivity contribution >= 4 is 51.4 Å². The zero-order valence-corrected chi connectivity index (χ0v) is 22.9. The second-order valence-corrected chi connectivity index (χ2v) is 9.87. The van der Waals surface area contributed by atoms with Crippen LogP contribution >= 0.6 is 23.4 Å². The van der Waals surface area contributed by atoms with Gasteiger partial charge in [-0.2, -0.15) is 15.1 Å². The van der Waals surface area contributed by atoms with Crippen molar-refractivity contribution in [2.75, 3.05) is 19.8 Å². The molecule has 1 amide bonds. The lowest BCUT2D eigenvalue weighted by atomic mass is 10.1. The standard InChI is InChI=1S/C29H25ClN4O4S/c1-3-36-25-17-19(12-13-24(25)38-15-14-37-23-11-7-4-8-18(23)2)16-21-26(31)34-29(32-27(21)35)39-28(33-34)20-9-5-6-10-22(20)30/h4-13,16-17,31H,3,14-15H2,1-2H3/b21-16+,31-26?. The lowest BCUT2D eigenvalue weighted by Crippen LogP contribution is -2.35. The van der Waals surface area contributed by atoms with E-state index in [1.54, 1.807) is 30.3 Å². The highest BCUT2D eigenvalue weighted by atomic mass is 35.5. The summed E-state index contributed by atoms with van der Waals surface area (Å²) >= 11 is 7.52. The number of benzene rings is 3. The summed E-state index contributed by atoms with van der Waals surface area (Å²) in [5.41, 5.74) is 2.55. The highest BCUT2D eigenvalue weighted by Crippen LogP contribution is 2.34. The van der Waals surface area contributed by atoms with E-state index in [4.69, 9.17) is 31.2 Å². The van der Waals surface area contributed by atoms with Gasteiger partial charge in [-0.25, -0.2) is 0 Å². The number of aryl methyl sites for hydroxylation is 1. The molecule has 0 atom stereocenters. The summed E-state index contributed by atoms with van der Waals surface area (Å²) in [5.74, 6) is 1.32. The fourth-order valence-corrected chi connectivity index (χ4v) is 5.14. The molecule has 0 spiro atoms. The molecule has 0 aliphatic carbocycles. The van der Waals surface area contributed by atoms with Crippen LogP contribution in [0.25, 0.3) is 6.08 Å². The molecule has 198 valence electrons. The first-order valence-electron chi connectivity index (χ1n) is 12.3. The number of carbonyl (C=O) groups is 1. The third kappa shape index (κ3) is 5.84. The van der Waals surface area contributed by atoms with Gasteiger partial charge in [0.1, 0.15) is 24.0 Å². The van der Waals surface area contributed by atoms with Crippen LogP contribution in [0.3, 0.4) is 0 Å². The normalized spacial score (nSPS) is 15.7. The third-order valence-electron chi connectivity index (χ3n) is 5.83. The number of amidine groups is 2. The fourth-order valence-electron chi connectivity index (χ4n) is 3.93. The minimum Gasteiger partial charge on any atom is -0.490 e. The molecule has 2 aliphatic rings. The summed E-state index contributed by atoms with van der Waals surface area (Å²) in [4.78, 5) is 17.0. The van der Waals surface area contributed by atoms with E-state index in [1.807, 2.05) is 56.3 Å². The number of halogens is 1. The van der Waals surface area contributed by atoms with Crippen molar-refractivity contribution in [3.8, 4) is 17.2 Å². The lowest BCUT2D eigenvalue weighted by Gasteiger charge is -2.20. The van der Waals surface area contributed by atoms with Crippen molar-refractivity contribution in [3.63, 3.8) is 0 Å². The van der Waals surface area contributed by atoms with Gasteiger partial charge in [-0.3, -0.25) is 10.2 Å². The number of nitrogens with zero attached hydrogens (tertiary/aromatic N) is 3. The average Bonchev–Trinajstić information content (AvgIpc) is 3.35. The maximum Gasteiger partial charge on any atom is 0.283 e. The molecule has 0 saturated carbocycles. The second-order valence-electron chi connectivity index (χ2n) is 8.51. The Morgan fingerprint density at radius 2 is 1.72 bits per heavy atom. The maximum absolute atomic E-state index is 12.9. The average molecular weight is 561 g/mol. The Morgan fingerprint density at radius 1 is 0.974 bits per heavy atom. The van der Waals surface area contributed by atoms with Gasteiger partial charge in [-0.15, -0.1) is 0 Å². The number of fused-ring (bicyclic) bond motifs is 1. The van der Waals surface area contributed by atoms with Crippen LogP contribution in [0, 0.1) is 12.3 Å². The number of ether oxygens (including phenoxy) is 3. The van der Waals surface area contributed by atoms with E-state index in [2.05, 4.69) is 10.1 Å². The van der Waals surface area contributed by atoms with E-state index >= 15 is 0 Å². The minimum atomic E-state index is -0.513. The molecule has 8 nitrogen and oxygen atoms in total. The molecule has 1 N–H and O–H groups in total. The zero-order chi connectivity index (χ0) is 27.4. The molecule has 0 aromatic heterocycles. The molecule has 0 radical (unpaired) electrons. The first-order valence-corrected chi connectivity index (χ1v) is 13.5. The van der Waals surface area contributed by atoms with Gasteiger partial charge < -0.3 is 14.2 Å². The van der Waals surface area contributed by atoms with Crippen LogP contribution in [0.15, 0.2) is 82.4 Å². The molecule has 2 aliphatic heterocycles. The number of hydrogen-bond donors (Lipinski definition) is 1. The van der Waals surface area contributed by atoms with Gasteiger partial charge >= 0.3 is 0 Å². The number of hydrogen-bond acceptors (Lipinski definition) is 7. The minimum absolute atomic E-state index is 0.0637. The molecule has 39 heavy (non-hydrogen) atoms. The summed E-state index contributed by atoms with van der Waals surface area (Å²) in [7, 11) is 0. The number of para-hydroxylation sites is 1. The van der Waals surface area contributed by atoms with Crippen LogP contribution in [0.5, 0.6) is 17.2 Å². The quantitative estimate of drug-likeness (QED) is 0.248. The van der Waals surface area contributed by atoms with E-state index < -0.39 is 5.91 Å². The molecule has 2 heterocycles. The first kappa shape index (κ1) is 26.5. The predicted octanol–water partition coefficient (Wildman–Crippen LogP) is 6.17. The number of thioether (sulfide) groups is 1. The van der Waals surface area contributed by atoms with Crippen molar-refractivity contribution in [1.82, 2.24) is 5.01 Å². The number of carbonyl (C=O) groups excluding carboxylic acids is 1.